The van der Waals surface area contributed by atoms with E-state index >= 15 is 0 Å². The van der Waals surface area contributed by atoms with E-state index in [2.05, 4.69) is 20.8 Å². The summed E-state index contributed by atoms with van der Waals surface area (Å²) in [4.78, 5) is 0. The van der Waals surface area contributed by atoms with Crippen molar-refractivity contribution >= 4 is 17.3 Å². The van der Waals surface area contributed by atoms with Crippen LogP contribution in [0.15, 0.2) is 12.4 Å². The maximum Gasteiger partial charge on any atom is 0.166 e. The van der Waals surface area contributed by atoms with Crippen molar-refractivity contribution in [3.63, 3.8) is 0 Å². The zero-order valence-corrected chi connectivity index (χ0v) is 8.86. The van der Waals surface area contributed by atoms with Crippen LogP contribution in [-0.2, 0) is 11.3 Å². The van der Waals surface area contributed by atoms with Crippen LogP contribution < -0.4 is 10.6 Å². The first-order valence-electron chi connectivity index (χ1n) is 4.31. The Bertz CT molecular complexity index is 262. The highest BCUT2D eigenvalue weighted by Crippen LogP contribution is 1.91. The van der Waals surface area contributed by atoms with Gasteiger partial charge < -0.3 is 15.4 Å². The third-order valence-electron chi connectivity index (χ3n) is 1.60. The minimum atomic E-state index is 0.628. The van der Waals surface area contributed by atoms with E-state index in [1.807, 2.05) is 6.20 Å². The minimum absolute atomic E-state index is 0.628. The number of H-pyrrole nitrogens is 1. The number of hydrogen-bond donors (Lipinski definition) is 3. The van der Waals surface area contributed by atoms with E-state index in [0.29, 0.717) is 24.8 Å². The standard InChI is InChI=1S/C8H14N4OS/c1-13-3-2-9-8(14)10-4-7-5-11-12-6-7/h5-6H,2-4H2,1H3,(H,11,12)(H2,9,10,14). The molecule has 1 aromatic heterocycles. The fourth-order valence-electron chi connectivity index (χ4n) is 0.886. The summed E-state index contributed by atoms with van der Waals surface area (Å²) in [6, 6.07) is 0. The summed E-state index contributed by atoms with van der Waals surface area (Å²) >= 11 is 5.03. The third-order valence-corrected chi connectivity index (χ3v) is 1.89. The first-order chi connectivity index (χ1) is 6.83. The molecule has 0 unspecified atom stereocenters. The van der Waals surface area contributed by atoms with Crippen molar-refractivity contribution in [1.82, 2.24) is 20.8 Å². The molecule has 0 aliphatic rings. The molecule has 0 radical (unpaired) electrons. The summed E-state index contributed by atoms with van der Waals surface area (Å²) in [5, 5.41) is 13.2. The molecule has 78 valence electrons. The minimum Gasteiger partial charge on any atom is -0.383 e. The first-order valence-corrected chi connectivity index (χ1v) is 4.72. The fourth-order valence-corrected chi connectivity index (χ4v) is 1.06. The van der Waals surface area contributed by atoms with E-state index in [1.54, 1.807) is 13.3 Å². The first kappa shape index (κ1) is 10.9. The van der Waals surface area contributed by atoms with E-state index in [1.165, 1.54) is 0 Å². The lowest BCUT2D eigenvalue weighted by Gasteiger charge is -2.08. The van der Waals surface area contributed by atoms with E-state index in [-0.39, 0.29) is 0 Å². The summed E-state index contributed by atoms with van der Waals surface area (Å²) in [5.74, 6) is 0. The number of hydrogen-bond acceptors (Lipinski definition) is 3. The molecule has 0 amide bonds. The second-order valence-electron chi connectivity index (χ2n) is 2.71. The molecule has 1 rings (SSSR count). The molecule has 0 spiro atoms. The molecule has 0 saturated heterocycles. The fraction of sp³-hybridized carbons (Fsp3) is 0.500. The predicted molar refractivity (Wildman–Crippen MR) is 57.9 cm³/mol. The van der Waals surface area contributed by atoms with Crippen molar-refractivity contribution in [2.75, 3.05) is 20.3 Å². The third kappa shape index (κ3) is 4.20. The molecule has 0 aliphatic heterocycles. The summed E-state index contributed by atoms with van der Waals surface area (Å²) in [7, 11) is 1.66. The molecule has 14 heavy (non-hydrogen) atoms. The average molecular weight is 214 g/mol. The normalized spacial score (nSPS) is 9.79. The van der Waals surface area contributed by atoms with Crippen molar-refractivity contribution in [2.24, 2.45) is 0 Å². The lowest BCUT2D eigenvalue weighted by atomic mass is 10.4. The van der Waals surface area contributed by atoms with Crippen LogP contribution in [0, 0.1) is 0 Å². The lowest BCUT2D eigenvalue weighted by molar-refractivity contribution is 0.204. The van der Waals surface area contributed by atoms with Crippen molar-refractivity contribution in [3.8, 4) is 0 Å². The summed E-state index contributed by atoms with van der Waals surface area (Å²) in [6.07, 6.45) is 3.58. The molecular weight excluding hydrogens is 200 g/mol. The van der Waals surface area contributed by atoms with Gasteiger partial charge in [-0.25, -0.2) is 0 Å². The van der Waals surface area contributed by atoms with Gasteiger partial charge in [-0.1, -0.05) is 0 Å². The molecule has 5 nitrogen and oxygen atoms in total. The molecule has 1 aromatic rings. The van der Waals surface area contributed by atoms with Crippen LogP contribution in [0.4, 0.5) is 0 Å². The van der Waals surface area contributed by atoms with Gasteiger partial charge in [-0.3, -0.25) is 5.10 Å². The van der Waals surface area contributed by atoms with Gasteiger partial charge in [0.05, 0.1) is 12.8 Å². The van der Waals surface area contributed by atoms with Crippen molar-refractivity contribution in [3.05, 3.63) is 18.0 Å². The molecule has 0 saturated carbocycles. The van der Waals surface area contributed by atoms with Crippen molar-refractivity contribution < 1.29 is 4.74 Å². The van der Waals surface area contributed by atoms with Gasteiger partial charge in [0.1, 0.15) is 0 Å². The number of rotatable bonds is 5. The largest absolute Gasteiger partial charge is 0.383 e. The number of methoxy groups -OCH3 is 1. The summed E-state index contributed by atoms with van der Waals surface area (Å²) < 4.78 is 4.88. The smallest absolute Gasteiger partial charge is 0.166 e. The quantitative estimate of drug-likeness (QED) is 0.476. The highest BCUT2D eigenvalue weighted by molar-refractivity contribution is 7.80. The Balaban J connectivity index is 2.09. The molecule has 0 aromatic carbocycles. The van der Waals surface area contributed by atoms with Gasteiger partial charge in [-0.05, 0) is 12.2 Å². The van der Waals surface area contributed by atoms with Crippen LogP contribution in [0.2, 0.25) is 0 Å². The molecular formula is C8H14N4OS. The number of ether oxygens (including phenoxy) is 1. The van der Waals surface area contributed by atoms with E-state index < -0.39 is 0 Å². The Morgan fingerprint density at radius 1 is 1.64 bits per heavy atom. The molecule has 0 fully saturated rings. The van der Waals surface area contributed by atoms with Crippen molar-refractivity contribution in [2.45, 2.75) is 6.54 Å². The van der Waals surface area contributed by atoms with Crippen LogP contribution in [0.25, 0.3) is 0 Å². The molecule has 3 N–H and O–H groups in total. The number of nitrogens with zero attached hydrogens (tertiary/aromatic N) is 1. The van der Waals surface area contributed by atoms with E-state index in [9.17, 15) is 0 Å². The van der Waals surface area contributed by atoms with Crippen LogP contribution in [0.1, 0.15) is 5.56 Å². The lowest BCUT2D eigenvalue weighted by Crippen LogP contribution is -2.36. The number of nitrogens with one attached hydrogen (secondary N) is 3. The van der Waals surface area contributed by atoms with Gasteiger partial charge in [-0.2, -0.15) is 5.10 Å². The van der Waals surface area contributed by atoms with Gasteiger partial charge >= 0.3 is 0 Å². The molecule has 0 bridgehead atoms. The van der Waals surface area contributed by atoms with E-state index in [0.717, 1.165) is 5.56 Å². The van der Waals surface area contributed by atoms with Crippen LogP contribution in [0.5, 0.6) is 0 Å². The van der Waals surface area contributed by atoms with Gasteiger partial charge in [0.15, 0.2) is 5.11 Å². The highest BCUT2D eigenvalue weighted by atomic mass is 32.1. The monoisotopic (exact) mass is 214 g/mol. The maximum atomic E-state index is 5.03. The second-order valence-corrected chi connectivity index (χ2v) is 3.12. The Morgan fingerprint density at radius 2 is 2.50 bits per heavy atom. The molecule has 0 atom stereocenters. The molecule has 6 heteroatoms. The molecule has 0 aliphatic carbocycles. The Kier molecular flexibility index (Phi) is 4.95. The average Bonchev–Trinajstić information content (AvgIpc) is 2.68. The maximum absolute atomic E-state index is 5.03. The van der Waals surface area contributed by atoms with Crippen molar-refractivity contribution in [1.29, 1.82) is 0 Å². The Hall–Kier alpha value is -1.14. The zero-order valence-electron chi connectivity index (χ0n) is 8.04. The van der Waals surface area contributed by atoms with Crippen LogP contribution in [0.3, 0.4) is 0 Å². The van der Waals surface area contributed by atoms with Crippen LogP contribution in [-0.4, -0.2) is 35.6 Å². The zero-order chi connectivity index (χ0) is 10.2. The van der Waals surface area contributed by atoms with Crippen LogP contribution >= 0.6 is 12.2 Å². The van der Waals surface area contributed by atoms with Gasteiger partial charge in [0, 0.05) is 32.0 Å². The highest BCUT2D eigenvalue weighted by Gasteiger charge is 1.96. The number of aromatic amines is 1. The predicted octanol–water partition coefficient (Wildman–Crippen LogP) is 0.0202. The Morgan fingerprint density at radius 3 is 3.14 bits per heavy atom. The number of aromatic nitrogens is 2. The second kappa shape index (κ2) is 6.33. The Labute approximate surface area is 88.2 Å². The summed E-state index contributed by atoms with van der Waals surface area (Å²) in [6.45, 7) is 2.04. The topological polar surface area (TPSA) is 62.0 Å². The number of thiocarbonyl (C=S) groups is 1. The van der Waals surface area contributed by atoms with Gasteiger partial charge in [0.2, 0.25) is 0 Å². The van der Waals surface area contributed by atoms with E-state index in [4.69, 9.17) is 17.0 Å². The SMILES string of the molecule is COCCNC(=S)NCc1cn[nH]c1. The molecule has 1 heterocycles. The van der Waals surface area contributed by atoms with Gasteiger partial charge in [0.25, 0.3) is 0 Å². The van der Waals surface area contributed by atoms with Gasteiger partial charge in [-0.15, -0.1) is 0 Å². The summed E-state index contributed by atoms with van der Waals surface area (Å²) in [5.41, 5.74) is 1.07.